The van der Waals surface area contributed by atoms with Crippen molar-refractivity contribution in [3.63, 3.8) is 0 Å². The molecule has 5 heteroatoms. The Balaban J connectivity index is 2.82. The van der Waals surface area contributed by atoms with Crippen molar-refractivity contribution < 1.29 is 24.1 Å². The van der Waals surface area contributed by atoms with Crippen LogP contribution in [0.4, 0.5) is 0 Å². The van der Waals surface area contributed by atoms with Crippen molar-refractivity contribution in [3.05, 3.63) is 18.2 Å². The minimum atomic E-state index is -1.03. The minimum absolute atomic E-state index is 0.376. The lowest BCUT2D eigenvalue weighted by Crippen LogP contribution is -2.10. The standard InChI is InChI=1S/C10H12O5/c1-13-7-3-4-8(9(5-7)14-2)15-6-10(11)12/h3-5H,6H2,1-2H3,(H,11,12). The highest BCUT2D eigenvalue weighted by atomic mass is 16.5. The third-order valence-corrected chi connectivity index (χ3v) is 1.72. The zero-order valence-electron chi connectivity index (χ0n) is 8.52. The molecular weight excluding hydrogens is 200 g/mol. The first-order valence-electron chi connectivity index (χ1n) is 4.24. The molecule has 0 bridgehead atoms. The summed E-state index contributed by atoms with van der Waals surface area (Å²) in [5.41, 5.74) is 0. The van der Waals surface area contributed by atoms with Crippen molar-refractivity contribution in [2.75, 3.05) is 20.8 Å². The number of carboxylic acid groups (broad SMARTS) is 1. The van der Waals surface area contributed by atoms with Crippen LogP contribution in [-0.4, -0.2) is 31.9 Å². The zero-order valence-corrected chi connectivity index (χ0v) is 8.52. The average molecular weight is 212 g/mol. The third-order valence-electron chi connectivity index (χ3n) is 1.72. The highest BCUT2D eigenvalue weighted by Crippen LogP contribution is 2.30. The summed E-state index contributed by atoms with van der Waals surface area (Å²) in [4.78, 5) is 10.3. The predicted molar refractivity (Wildman–Crippen MR) is 52.7 cm³/mol. The Morgan fingerprint density at radius 3 is 2.53 bits per heavy atom. The molecule has 0 aliphatic carbocycles. The maximum Gasteiger partial charge on any atom is 0.341 e. The van der Waals surface area contributed by atoms with Gasteiger partial charge < -0.3 is 19.3 Å². The number of aliphatic carboxylic acids is 1. The molecule has 0 unspecified atom stereocenters. The Morgan fingerprint density at radius 2 is 2.00 bits per heavy atom. The van der Waals surface area contributed by atoms with E-state index in [0.717, 1.165) is 0 Å². The fraction of sp³-hybridized carbons (Fsp3) is 0.300. The second-order valence-corrected chi connectivity index (χ2v) is 2.70. The molecule has 1 N–H and O–H groups in total. The number of carboxylic acids is 1. The average Bonchev–Trinajstić information content (AvgIpc) is 2.25. The van der Waals surface area contributed by atoms with Crippen molar-refractivity contribution in [1.82, 2.24) is 0 Å². The summed E-state index contributed by atoms with van der Waals surface area (Å²) in [6, 6.07) is 4.89. The van der Waals surface area contributed by atoms with Crippen LogP contribution in [0.3, 0.4) is 0 Å². The summed E-state index contributed by atoms with van der Waals surface area (Å²) in [6.45, 7) is -0.400. The van der Waals surface area contributed by atoms with Gasteiger partial charge in [-0.25, -0.2) is 4.79 Å². The normalized spacial score (nSPS) is 9.47. The van der Waals surface area contributed by atoms with E-state index in [1.165, 1.54) is 14.2 Å². The number of hydrogen-bond acceptors (Lipinski definition) is 4. The summed E-state index contributed by atoms with van der Waals surface area (Å²) in [6.07, 6.45) is 0. The fourth-order valence-corrected chi connectivity index (χ4v) is 1.03. The van der Waals surface area contributed by atoms with Crippen molar-refractivity contribution in [1.29, 1.82) is 0 Å². The largest absolute Gasteiger partial charge is 0.497 e. The molecule has 0 aliphatic rings. The van der Waals surface area contributed by atoms with Crippen LogP contribution in [0.15, 0.2) is 18.2 Å². The van der Waals surface area contributed by atoms with E-state index in [2.05, 4.69) is 0 Å². The number of benzene rings is 1. The van der Waals surface area contributed by atoms with Gasteiger partial charge in [-0.05, 0) is 12.1 Å². The molecular formula is C10H12O5. The Hall–Kier alpha value is -1.91. The van der Waals surface area contributed by atoms with Crippen LogP contribution < -0.4 is 14.2 Å². The lowest BCUT2D eigenvalue weighted by Gasteiger charge is -2.10. The molecule has 5 nitrogen and oxygen atoms in total. The van der Waals surface area contributed by atoms with Crippen LogP contribution in [0.25, 0.3) is 0 Å². The van der Waals surface area contributed by atoms with Gasteiger partial charge >= 0.3 is 5.97 Å². The van der Waals surface area contributed by atoms with Gasteiger partial charge in [-0.15, -0.1) is 0 Å². The molecule has 0 spiro atoms. The quantitative estimate of drug-likeness (QED) is 0.793. The van der Waals surface area contributed by atoms with E-state index in [9.17, 15) is 4.79 Å². The molecule has 0 fully saturated rings. The van der Waals surface area contributed by atoms with Gasteiger partial charge in [-0.1, -0.05) is 0 Å². The van der Waals surface area contributed by atoms with Gasteiger partial charge in [0.1, 0.15) is 5.75 Å². The van der Waals surface area contributed by atoms with Crippen molar-refractivity contribution >= 4 is 5.97 Å². The molecule has 0 aliphatic heterocycles. The minimum Gasteiger partial charge on any atom is -0.497 e. The summed E-state index contributed by atoms with van der Waals surface area (Å²) >= 11 is 0. The Kier molecular flexibility index (Phi) is 3.79. The molecule has 0 radical (unpaired) electrons. The summed E-state index contributed by atoms with van der Waals surface area (Å²) < 4.78 is 15.0. The molecule has 0 heterocycles. The summed E-state index contributed by atoms with van der Waals surface area (Å²) in [7, 11) is 3.01. The van der Waals surface area contributed by atoms with Crippen LogP contribution in [0.1, 0.15) is 0 Å². The SMILES string of the molecule is COc1ccc(OCC(=O)O)c(OC)c1. The molecule has 0 saturated carbocycles. The van der Waals surface area contributed by atoms with E-state index in [-0.39, 0.29) is 0 Å². The van der Waals surface area contributed by atoms with Crippen LogP contribution in [-0.2, 0) is 4.79 Å². The van der Waals surface area contributed by atoms with Gasteiger partial charge in [-0.3, -0.25) is 0 Å². The van der Waals surface area contributed by atoms with E-state index in [1.54, 1.807) is 18.2 Å². The molecule has 1 rings (SSSR count). The number of rotatable bonds is 5. The first kappa shape index (κ1) is 11.2. The summed E-state index contributed by atoms with van der Waals surface area (Å²) in [5, 5.41) is 8.45. The lowest BCUT2D eigenvalue weighted by atomic mass is 10.3. The second kappa shape index (κ2) is 5.09. The van der Waals surface area contributed by atoms with Crippen LogP contribution in [0.2, 0.25) is 0 Å². The smallest absolute Gasteiger partial charge is 0.341 e. The van der Waals surface area contributed by atoms with Crippen molar-refractivity contribution in [2.24, 2.45) is 0 Å². The van der Waals surface area contributed by atoms with Gasteiger partial charge in [0.2, 0.25) is 0 Å². The number of carbonyl (C=O) groups is 1. The van der Waals surface area contributed by atoms with E-state index in [1.807, 2.05) is 0 Å². The fourth-order valence-electron chi connectivity index (χ4n) is 1.03. The Labute approximate surface area is 87.2 Å². The molecule has 0 amide bonds. The van der Waals surface area contributed by atoms with E-state index < -0.39 is 12.6 Å². The van der Waals surface area contributed by atoms with Crippen LogP contribution >= 0.6 is 0 Å². The lowest BCUT2D eigenvalue weighted by molar-refractivity contribution is -0.139. The van der Waals surface area contributed by atoms with Crippen LogP contribution in [0, 0.1) is 0 Å². The number of methoxy groups -OCH3 is 2. The third kappa shape index (κ3) is 3.05. The van der Waals surface area contributed by atoms with E-state index in [0.29, 0.717) is 17.2 Å². The maximum absolute atomic E-state index is 10.3. The van der Waals surface area contributed by atoms with Gasteiger partial charge in [0.25, 0.3) is 0 Å². The van der Waals surface area contributed by atoms with Crippen LogP contribution in [0.5, 0.6) is 17.2 Å². The molecule has 0 aromatic heterocycles. The van der Waals surface area contributed by atoms with E-state index >= 15 is 0 Å². The first-order valence-corrected chi connectivity index (χ1v) is 4.24. The monoisotopic (exact) mass is 212 g/mol. The molecule has 0 saturated heterocycles. The Morgan fingerprint density at radius 1 is 1.27 bits per heavy atom. The van der Waals surface area contributed by atoms with Crippen molar-refractivity contribution in [2.45, 2.75) is 0 Å². The van der Waals surface area contributed by atoms with Gasteiger partial charge in [0.15, 0.2) is 18.1 Å². The Bertz CT molecular complexity index is 348. The maximum atomic E-state index is 10.3. The molecule has 0 atom stereocenters. The molecule has 15 heavy (non-hydrogen) atoms. The number of ether oxygens (including phenoxy) is 3. The van der Waals surface area contributed by atoms with Gasteiger partial charge in [0.05, 0.1) is 14.2 Å². The van der Waals surface area contributed by atoms with Gasteiger partial charge in [-0.2, -0.15) is 0 Å². The predicted octanol–water partition coefficient (Wildman–Crippen LogP) is 1.17. The first-order chi connectivity index (χ1) is 7.17. The second-order valence-electron chi connectivity index (χ2n) is 2.70. The number of hydrogen-bond donors (Lipinski definition) is 1. The molecule has 1 aromatic rings. The topological polar surface area (TPSA) is 65.0 Å². The summed E-state index contributed by atoms with van der Waals surface area (Å²) in [5.74, 6) is 0.402. The molecule has 82 valence electrons. The highest BCUT2D eigenvalue weighted by molar-refractivity contribution is 5.68. The van der Waals surface area contributed by atoms with Gasteiger partial charge in [0, 0.05) is 6.07 Å². The van der Waals surface area contributed by atoms with E-state index in [4.69, 9.17) is 19.3 Å². The highest BCUT2D eigenvalue weighted by Gasteiger charge is 2.07. The molecule has 1 aromatic carbocycles. The zero-order chi connectivity index (χ0) is 11.3. The van der Waals surface area contributed by atoms with Crippen molar-refractivity contribution in [3.8, 4) is 17.2 Å².